The van der Waals surface area contributed by atoms with Gasteiger partial charge in [-0.3, -0.25) is 0 Å². The van der Waals surface area contributed by atoms with Gasteiger partial charge in [0.2, 0.25) is 0 Å². The molecule has 1 amide bonds. The lowest BCUT2D eigenvalue weighted by Crippen LogP contribution is -2.43. The normalized spacial score (nSPS) is 21.7. The third kappa shape index (κ3) is 6.21. The van der Waals surface area contributed by atoms with Crippen LogP contribution in [0.15, 0.2) is 0 Å². The van der Waals surface area contributed by atoms with Gasteiger partial charge < -0.3 is 20.7 Å². The van der Waals surface area contributed by atoms with Crippen molar-refractivity contribution in [1.29, 1.82) is 0 Å². The summed E-state index contributed by atoms with van der Waals surface area (Å²) in [6.07, 6.45) is 2.02. The molecule has 5 heteroatoms. The Bertz CT molecular complexity index is 261. The topological polar surface area (TPSA) is 67.6 Å². The Balaban J connectivity index is 2.24. The highest BCUT2D eigenvalue weighted by Crippen LogP contribution is 2.15. The number of hydrogen-bond donors (Lipinski definition) is 2. The zero-order valence-electron chi connectivity index (χ0n) is 11.9. The zero-order valence-corrected chi connectivity index (χ0v) is 11.9. The minimum atomic E-state index is -0.428. The van der Waals surface area contributed by atoms with Gasteiger partial charge in [-0.25, -0.2) is 4.79 Å². The van der Waals surface area contributed by atoms with Gasteiger partial charge in [0, 0.05) is 26.2 Å². The van der Waals surface area contributed by atoms with Crippen molar-refractivity contribution >= 4 is 6.09 Å². The molecule has 1 rings (SSSR count). The van der Waals surface area contributed by atoms with Crippen molar-refractivity contribution in [2.24, 2.45) is 11.7 Å². The second-order valence-electron chi connectivity index (χ2n) is 5.98. The van der Waals surface area contributed by atoms with Crippen molar-refractivity contribution in [3.8, 4) is 0 Å². The van der Waals surface area contributed by atoms with Gasteiger partial charge in [-0.15, -0.1) is 0 Å². The molecule has 5 nitrogen and oxygen atoms in total. The molecule has 1 aliphatic heterocycles. The van der Waals surface area contributed by atoms with E-state index in [9.17, 15) is 4.79 Å². The number of nitrogens with one attached hydrogen (secondary N) is 1. The van der Waals surface area contributed by atoms with Gasteiger partial charge in [-0.05, 0) is 46.1 Å². The molecule has 0 spiro atoms. The summed E-state index contributed by atoms with van der Waals surface area (Å²) in [5.41, 5.74) is 5.14. The van der Waals surface area contributed by atoms with E-state index in [0.717, 1.165) is 26.1 Å². The summed E-state index contributed by atoms with van der Waals surface area (Å²) in [6, 6.07) is 0. The van der Waals surface area contributed by atoms with Gasteiger partial charge in [0.05, 0.1) is 0 Å². The van der Waals surface area contributed by atoms with Gasteiger partial charge in [0.25, 0.3) is 0 Å². The van der Waals surface area contributed by atoms with E-state index in [1.54, 1.807) is 0 Å². The van der Waals surface area contributed by atoms with Crippen LogP contribution in [0, 0.1) is 5.92 Å². The van der Waals surface area contributed by atoms with Crippen LogP contribution in [0.1, 0.15) is 33.6 Å². The maximum Gasteiger partial charge on any atom is 0.407 e. The van der Waals surface area contributed by atoms with Crippen molar-refractivity contribution in [3.63, 3.8) is 0 Å². The van der Waals surface area contributed by atoms with Crippen molar-refractivity contribution in [1.82, 2.24) is 10.2 Å². The molecule has 0 radical (unpaired) electrons. The van der Waals surface area contributed by atoms with Crippen molar-refractivity contribution in [3.05, 3.63) is 0 Å². The standard InChI is InChI=1S/C13H27N3O2/c1-13(2,3)18-12(17)15-9-11-5-4-7-16(10-11)8-6-14/h11H,4-10,14H2,1-3H3,(H,15,17)/t11-/m1/s1. The van der Waals surface area contributed by atoms with Gasteiger partial charge in [0.15, 0.2) is 0 Å². The van der Waals surface area contributed by atoms with Crippen LogP contribution in [0.25, 0.3) is 0 Å². The lowest BCUT2D eigenvalue weighted by Gasteiger charge is -2.32. The first-order chi connectivity index (χ1) is 8.40. The molecule has 0 bridgehead atoms. The van der Waals surface area contributed by atoms with E-state index >= 15 is 0 Å². The second kappa shape index (κ2) is 6.95. The van der Waals surface area contributed by atoms with E-state index in [-0.39, 0.29) is 6.09 Å². The molecule has 1 heterocycles. The first-order valence-corrected chi connectivity index (χ1v) is 6.80. The zero-order chi connectivity index (χ0) is 13.6. The number of ether oxygens (including phenoxy) is 1. The minimum Gasteiger partial charge on any atom is -0.444 e. The van der Waals surface area contributed by atoms with Gasteiger partial charge >= 0.3 is 6.09 Å². The maximum atomic E-state index is 11.5. The third-order valence-electron chi connectivity index (χ3n) is 2.98. The number of piperidine rings is 1. The summed E-state index contributed by atoms with van der Waals surface area (Å²) in [4.78, 5) is 13.9. The monoisotopic (exact) mass is 257 g/mol. The number of rotatable bonds is 4. The van der Waals surface area contributed by atoms with Crippen LogP contribution >= 0.6 is 0 Å². The predicted octanol–water partition coefficient (Wildman–Crippen LogP) is 1.18. The maximum absolute atomic E-state index is 11.5. The number of hydrogen-bond acceptors (Lipinski definition) is 4. The molecular weight excluding hydrogens is 230 g/mol. The van der Waals surface area contributed by atoms with Gasteiger partial charge in [-0.2, -0.15) is 0 Å². The largest absolute Gasteiger partial charge is 0.444 e. The minimum absolute atomic E-state index is 0.321. The SMILES string of the molecule is CC(C)(C)OC(=O)NC[C@H]1CCCN(CCN)C1. The Morgan fingerprint density at radius 1 is 1.50 bits per heavy atom. The smallest absolute Gasteiger partial charge is 0.407 e. The number of alkyl carbamates (subject to hydrolysis) is 1. The lowest BCUT2D eigenvalue weighted by molar-refractivity contribution is 0.0507. The van der Waals surface area contributed by atoms with E-state index in [0.29, 0.717) is 19.0 Å². The highest BCUT2D eigenvalue weighted by atomic mass is 16.6. The van der Waals surface area contributed by atoms with Gasteiger partial charge in [0.1, 0.15) is 5.60 Å². The van der Waals surface area contributed by atoms with E-state index in [2.05, 4.69) is 10.2 Å². The number of carbonyl (C=O) groups is 1. The Labute approximate surface area is 110 Å². The highest BCUT2D eigenvalue weighted by molar-refractivity contribution is 5.67. The number of carbonyl (C=O) groups excluding carboxylic acids is 1. The molecule has 0 aromatic heterocycles. The molecule has 0 aliphatic carbocycles. The molecule has 1 saturated heterocycles. The molecule has 0 unspecified atom stereocenters. The van der Waals surface area contributed by atoms with Crippen LogP contribution in [-0.2, 0) is 4.74 Å². The molecule has 3 N–H and O–H groups in total. The van der Waals surface area contributed by atoms with E-state index in [1.165, 1.54) is 6.42 Å². The predicted molar refractivity (Wildman–Crippen MR) is 72.5 cm³/mol. The van der Waals surface area contributed by atoms with Crippen LogP contribution < -0.4 is 11.1 Å². The fourth-order valence-electron chi connectivity index (χ4n) is 2.25. The number of nitrogens with two attached hydrogens (primary N) is 1. The Morgan fingerprint density at radius 2 is 2.22 bits per heavy atom. The van der Waals surface area contributed by atoms with Crippen molar-refractivity contribution in [2.75, 3.05) is 32.7 Å². The van der Waals surface area contributed by atoms with Crippen molar-refractivity contribution in [2.45, 2.75) is 39.2 Å². The third-order valence-corrected chi connectivity index (χ3v) is 2.98. The fourth-order valence-corrected chi connectivity index (χ4v) is 2.25. The highest BCUT2D eigenvalue weighted by Gasteiger charge is 2.21. The summed E-state index contributed by atoms with van der Waals surface area (Å²) in [5.74, 6) is 0.512. The average Bonchev–Trinajstić information content (AvgIpc) is 2.25. The molecule has 106 valence electrons. The Morgan fingerprint density at radius 3 is 2.83 bits per heavy atom. The molecular formula is C13H27N3O2. The Hall–Kier alpha value is -0.810. The second-order valence-corrected chi connectivity index (χ2v) is 5.98. The van der Waals surface area contributed by atoms with Crippen LogP contribution in [0.4, 0.5) is 4.79 Å². The number of nitrogens with zero attached hydrogens (tertiary/aromatic N) is 1. The molecule has 1 aliphatic rings. The molecule has 1 fully saturated rings. The average molecular weight is 257 g/mol. The first-order valence-electron chi connectivity index (χ1n) is 6.80. The molecule has 0 saturated carbocycles. The lowest BCUT2D eigenvalue weighted by atomic mass is 9.98. The summed E-state index contributed by atoms with van der Waals surface area (Å²) in [6.45, 7) is 10.1. The molecule has 18 heavy (non-hydrogen) atoms. The van der Waals surface area contributed by atoms with E-state index in [1.807, 2.05) is 20.8 Å². The van der Waals surface area contributed by atoms with E-state index < -0.39 is 5.60 Å². The Kier molecular flexibility index (Phi) is 5.88. The van der Waals surface area contributed by atoms with Crippen LogP contribution in [0.5, 0.6) is 0 Å². The number of likely N-dealkylation sites (tertiary alicyclic amines) is 1. The summed E-state index contributed by atoms with van der Waals surface area (Å²) in [7, 11) is 0. The first kappa shape index (κ1) is 15.2. The molecule has 1 atom stereocenters. The fraction of sp³-hybridized carbons (Fsp3) is 0.923. The quantitative estimate of drug-likeness (QED) is 0.793. The summed E-state index contributed by atoms with van der Waals surface area (Å²) >= 11 is 0. The van der Waals surface area contributed by atoms with E-state index in [4.69, 9.17) is 10.5 Å². The van der Waals surface area contributed by atoms with Gasteiger partial charge in [-0.1, -0.05) is 0 Å². The van der Waals surface area contributed by atoms with Crippen LogP contribution in [0.2, 0.25) is 0 Å². The molecule has 0 aromatic rings. The number of amides is 1. The summed E-state index contributed by atoms with van der Waals surface area (Å²) < 4.78 is 5.22. The van der Waals surface area contributed by atoms with Crippen molar-refractivity contribution < 1.29 is 9.53 Å². The molecule has 0 aromatic carbocycles. The summed E-state index contributed by atoms with van der Waals surface area (Å²) in [5, 5.41) is 2.85. The van der Waals surface area contributed by atoms with Crippen LogP contribution in [-0.4, -0.2) is 49.3 Å². The van der Waals surface area contributed by atoms with Crippen LogP contribution in [0.3, 0.4) is 0 Å².